The quantitative estimate of drug-likeness (QED) is 0.918. The number of aromatic nitrogens is 1. The van der Waals surface area contributed by atoms with Gasteiger partial charge in [0, 0.05) is 29.5 Å². The summed E-state index contributed by atoms with van der Waals surface area (Å²) in [7, 11) is 0. The zero-order chi connectivity index (χ0) is 14.0. The lowest BCUT2D eigenvalue weighted by Crippen LogP contribution is -2.48. The average Bonchev–Trinajstić information content (AvgIpc) is 2.68. The van der Waals surface area contributed by atoms with Gasteiger partial charge in [0.2, 0.25) is 0 Å². The van der Waals surface area contributed by atoms with E-state index in [9.17, 15) is 0 Å². The highest BCUT2D eigenvalue weighted by Gasteiger charge is 2.30. The van der Waals surface area contributed by atoms with Gasteiger partial charge in [0.1, 0.15) is 0 Å². The summed E-state index contributed by atoms with van der Waals surface area (Å²) in [5, 5.41) is 4.78. The Hall–Kier alpha value is -0.450. The predicted octanol–water partition coefficient (Wildman–Crippen LogP) is 3.28. The highest BCUT2D eigenvalue weighted by molar-refractivity contribution is 7.11. The summed E-state index contributed by atoms with van der Waals surface area (Å²) >= 11 is 1.86. The molecule has 1 aromatic heterocycles. The van der Waals surface area contributed by atoms with E-state index in [2.05, 4.69) is 49.8 Å². The van der Waals surface area contributed by atoms with Crippen molar-refractivity contribution in [3.8, 4) is 0 Å². The molecule has 0 spiro atoms. The molecule has 0 aromatic carbocycles. The Morgan fingerprint density at radius 3 is 2.74 bits per heavy atom. The van der Waals surface area contributed by atoms with Crippen LogP contribution in [0.15, 0.2) is 0 Å². The van der Waals surface area contributed by atoms with E-state index < -0.39 is 0 Å². The van der Waals surface area contributed by atoms with Crippen LogP contribution < -0.4 is 5.32 Å². The third kappa shape index (κ3) is 3.36. The van der Waals surface area contributed by atoms with Crippen LogP contribution >= 0.6 is 11.3 Å². The molecule has 1 aromatic rings. The van der Waals surface area contributed by atoms with Crippen molar-refractivity contribution in [2.24, 2.45) is 0 Å². The van der Waals surface area contributed by atoms with Crippen molar-refractivity contribution < 1.29 is 0 Å². The molecule has 2 rings (SSSR count). The van der Waals surface area contributed by atoms with Gasteiger partial charge in [-0.25, -0.2) is 4.98 Å². The van der Waals surface area contributed by atoms with Crippen molar-refractivity contribution in [2.45, 2.75) is 65.6 Å². The van der Waals surface area contributed by atoms with Gasteiger partial charge in [-0.15, -0.1) is 11.3 Å². The lowest BCUT2D eigenvalue weighted by molar-refractivity contribution is 0.0972. The van der Waals surface area contributed by atoms with Crippen LogP contribution in [0.2, 0.25) is 0 Å². The van der Waals surface area contributed by atoms with Crippen molar-refractivity contribution >= 4 is 11.3 Å². The second-order valence-electron chi connectivity index (χ2n) is 5.72. The van der Waals surface area contributed by atoms with Crippen LogP contribution in [-0.4, -0.2) is 35.1 Å². The van der Waals surface area contributed by atoms with Crippen LogP contribution in [0.25, 0.3) is 0 Å². The molecule has 0 amide bonds. The molecule has 19 heavy (non-hydrogen) atoms. The van der Waals surface area contributed by atoms with Gasteiger partial charge in [0.25, 0.3) is 0 Å². The van der Waals surface area contributed by atoms with E-state index in [0.29, 0.717) is 18.1 Å². The Labute approximate surface area is 121 Å². The van der Waals surface area contributed by atoms with E-state index in [1.165, 1.54) is 35.0 Å². The largest absolute Gasteiger partial charge is 0.314 e. The molecule has 108 valence electrons. The first kappa shape index (κ1) is 14.9. The molecule has 0 bridgehead atoms. The van der Waals surface area contributed by atoms with Gasteiger partial charge in [-0.05, 0) is 47.1 Å². The molecule has 1 saturated heterocycles. The first-order chi connectivity index (χ1) is 9.02. The van der Waals surface area contributed by atoms with E-state index in [1.807, 2.05) is 11.3 Å². The number of hydrogen-bond acceptors (Lipinski definition) is 4. The highest BCUT2D eigenvalue weighted by Crippen LogP contribution is 2.33. The Kier molecular flexibility index (Phi) is 4.98. The number of aryl methyl sites for hydroxylation is 2. The van der Waals surface area contributed by atoms with E-state index in [-0.39, 0.29) is 0 Å². The molecule has 3 unspecified atom stereocenters. The van der Waals surface area contributed by atoms with Crippen molar-refractivity contribution in [2.75, 3.05) is 13.1 Å². The predicted molar refractivity (Wildman–Crippen MR) is 82.9 cm³/mol. The normalized spacial score (nSPS) is 26.6. The summed E-state index contributed by atoms with van der Waals surface area (Å²) in [5.41, 5.74) is 1.22. The zero-order valence-corrected chi connectivity index (χ0v) is 13.7. The molecule has 2 heterocycles. The van der Waals surface area contributed by atoms with Gasteiger partial charge in [0.05, 0.1) is 10.7 Å². The van der Waals surface area contributed by atoms with E-state index in [4.69, 9.17) is 0 Å². The molecular formula is C15H27N3S. The summed E-state index contributed by atoms with van der Waals surface area (Å²) in [4.78, 5) is 8.67. The summed E-state index contributed by atoms with van der Waals surface area (Å²) in [5.74, 6) is 0. The fraction of sp³-hybridized carbons (Fsp3) is 0.800. The first-order valence-corrected chi connectivity index (χ1v) is 8.27. The number of rotatable bonds is 4. The van der Waals surface area contributed by atoms with Crippen molar-refractivity contribution in [3.63, 3.8) is 0 Å². The summed E-state index contributed by atoms with van der Waals surface area (Å²) in [6.45, 7) is 13.4. The van der Waals surface area contributed by atoms with Gasteiger partial charge in [-0.2, -0.15) is 0 Å². The van der Waals surface area contributed by atoms with E-state index >= 15 is 0 Å². The number of nitrogens with zero attached hydrogens (tertiary/aromatic N) is 2. The Balaban J connectivity index is 2.04. The molecule has 3 nitrogen and oxygen atoms in total. The second kappa shape index (κ2) is 6.33. The van der Waals surface area contributed by atoms with Crippen molar-refractivity contribution in [1.82, 2.24) is 15.2 Å². The topological polar surface area (TPSA) is 28.2 Å². The minimum absolute atomic E-state index is 0.503. The maximum atomic E-state index is 4.58. The van der Waals surface area contributed by atoms with Crippen LogP contribution in [0.3, 0.4) is 0 Å². The molecule has 0 saturated carbocycles. The number of nitrogens with one attached hydrogen (secondary N) is 1. The molecule has 1 aliphatic heterocycles. The molecule has 0 radical (unpaired) electrons. The standard InChI is InChI=1S/C15H27N3S/c1-6-16-14-7-8-18(10(2)9-14)12(4)15-11(3)17-13(5)19-15/h10,12,14,16H,6-9H2,1-5H3. The molecule has 1 fully saturated rings. The third-order valence-electron chi connectivity index (χ3n) is 4.24. The average molecular weight is 281 g/mol. The van der Waals surface area contributed by atoms with Gasteiger partial charge in [0.15, 0.2) is 0 Å². The number of piperidine rings is 1. The van der Waals surface area contributed by atoms with Gasteiger partial charge in [-0.3, -0.25) is 4.90 Å². The van der Waals surface area contributed by atoms with Gasteiger partial charge in [-0.1, -0.05) is 6.92 Å². The number of thiazole rings is 1. The smallest absolute Gasteiger partial charge is 0.0900 e. The van der Waals surface area contributed by atoms with Crippen LogP contribution in [0.4, 0.5) is 0 Å². The summed E-state index contributed by atoms with van der Waals surface area (Å²) in [6, 6.07) is 1.85. The molecule has 0 aliphatic carbocycles. The highest BCUT2D eigenvalue weighted by atomic mass is 32.1. The van der Waals surface area contributed by atoms with Crippen LogP contribution in [0.5, 0.6) is 0 Å². The molecule has 4 heteroatoms. The molecular weight excluding hydrogens is 254 g/mol. The van der Waals surface area contributed by atoms with Gasteiger partial charge >= 0.3 is 0 Å². The zero-order valence-electron chi connectivity index (χ0n) is 12.9. The Morgan fingerprint density at radius 1 is 1.47 bits per heavy atom. The fourth-order valence-corrected chi connectivity index (χ4v) is 4.33. The summed E-state index contributed by atoms with van der Waals surface area (Å²) < 4.78 is 0. The third-order valence-corrected chi connectivity index (χ3v) is 5.48. The van der Waals surface area contributed by atoms with Crippen molar-refractivity contribution in [3.05, 3.63) is 15.6 Å². The Bertz CT molecular complexity index is 416. The number of likely N-dealkylation sites (tertiary alicyclic amines) is 1. The van der Waals surface area contributed by atoms with E-state index in [0.717, 1.165) is 6.54 Å². The molecule has 3 atom stereocenters. The fourth-order valence-electron chi connectivity index (χ4n) is 3.33. The maximum absolute atomic E-state index is 4.58. The van der Waals surface area contributed by atoms with Crippen molar-refractivity contribution in [1.29, 1.82) is 0 Å². The molecule has 1 aliphatic rings. The van der Waals surface area contributed by atoms with E-state index in [1.54, 1.807) is 0 Å². The minimum Gasteiger partial charge on any atom is -0.314 e. The maximum Gasteiger partial charge on any atom is 0.0900 e. The molecule has 1 N–H and O–H groups in total. The second-order valence-corrected chi connectivity index (χ2v) is 6.96. The first-order valence-electron chi connectivity index (χ1n) is 7.46. The lowest BCUT2D eigenvalue weighted by Gasteiger charge is -2.41. The lowest BCUT2D eigenvalue weighted by atomic mass is 9.96. The summed E-state index contributed by atoms with van der Waals surface area (Å²) in [6.07, 6.45) is 2.52. The van der Waals surface area contributed by atoms with Crippen LogP contribution in [0.1, 0.15) is 55.2 Å². The monoisotopic (exact) mass is 281 g/mol. The SMILES string of the molecule is CCNC1CCN(C(C)c2sc(C)nc2C)C(C)C1. The number of hydrogen-bond donors (Lipinski definition) is 1. The minimum atomic E-state index is 0.503. The Morgan fingerprint density at radius 2 is 2.21 bits per heavy atom. The van der Waals surface area contributed by atoms with Crippen LogP contribution in [0, 0.1) is 13.8 Å². The van der Waals surface area contributed by atoms with Crippen LogP contribution in [-0.2, 0) is 0 Å². The van der Waals surface area contributed by atoms with Gasteiger partial charge < -0.3 is 5.32 Å².